The van der Waals surface area contributed by atoms with Crippen LogP contribution in [-0.2, 0) is 10.8 Å². The van der Waals surface area contributed by atoms with Gasteiger partial charge in [-0.15, -0.1) is 0 Å². The van der Waals surface area contributed by atoms with Crippen molar-refractivity contribution in [3.05, 3.63) is 65.9 Å². The molecular formula is C19H13ClN2OS2. The van der Waals surface area contributed by atoms with Crippen LogP contribution in [0, 0.1) is 0 Å². The molecule has 2 aromatic heterocycles. The molecule has 0 bridgehead atoms. The molecule has 2 heterocycles. The fraction of sp³-hybridized carbons (Fsp3) is 0.0526. The zero-order valence-corrected chi connectivity index (χ0v) is 15.7. The fourth-order valence-electron chi connectivity index (χ4n) is 2.68. The molecule has 0 radical (unpaired) electrons. The lowest BCUT2D eigenvalue weighted by molar-refractivity contribution is 0.685. The highest BCUT2D eigenvalue weighted by molar-refractivity contribution is 8.00. The van der Waals surface area contributed by atoms with Gasteiger partial charge in [-0.25, -0.2) is 0 Å². The molecule has 0 fully saturated rings. The van der Waals surface area contributed by atoms with Crippen molar-refractivity contribution in [3.8, 4) is 0 Å². The van der Waals surface area contributed by atoms with E-state index in [1.165, 1.54) is 11.8 Å². The second-order valence-electron chi connectivity index (χ2n) is 5.48. The van der Waals surface area contributed by atoms with Crippen molar-refractivity contribution in [1.29, 1.82) is 0 Å². The van der Waals surface area contributed by atoms with Crippen LogP contribution in [0.2, 0.25) is 5.02 Å². The molecule has 4 rings (SSSR count). The van der Waals surface area contributed by atoms with E-state index in [-0.39, 0.29) is 0 Å². The Morgan fingerprint density at radius 1 is 0.920 bits per heavy atom. The summed E-state index contributed by atoms with van der Waals surface area (Å²) in [5.74, 6) is 0. The quantitative estimate of drug-likeness (QED) is 0.479. The molecule has 0 amide bonds. The van der Waals surface area contributed by atoms with Crippen LogP contribution >= 0.6 is 23.4 Å². The smallest absolute Gasteiger partial charge is 0.0717 e. The number of para-hydroxylation sites is 2. The van der Waals surface area contributed by atoms with Gasteiger partial charge in [-0.1, -0.05) is 59.8 Å². The molecule has 0 N–H and O–H groups in total. The van der Waals surface area contributed by atoms with Gasteiger partial charge in [0.1, 0.15) is 0 Å². The Labute approximate surface area is 156 Å². The van der Waals surface area contributed by atoms with E-state index in [2.05, 4.69) is 9.97 Å². The van der Waals surface area contributed by atoms with Crippen LogP contribution in [0.1, 0.15) is 0 Å². The van der Waals surface area contributed by atoms with Crippen LogP contribution in [0.4, 0.5) is 0 Å². The molecule has 25 heavy (non-hydrogen) atoms. The standard InChI is InChI=1S/C19H13ClN2OS2/c1-25(23)17-11-22-15-9-5-3-7-13(15)19(17)24-16-10-21-14-8-4-2-6-12(14)18(16)20/h2-11H,1H3. The lowest BCUT2D eigenvalue weighted by Gasteiger charge is -2.12. The van der Waals surface area contributed by atoms with Crippen molar-refractivity contribution in [2.75, 3.05) is 6.26 Å². The molecule has 6 heteroatoms. The maximum absolute atomic E-state index is 12.2. The van der Waals surface area contributed by atoms with Crippen LogP contribution in [0.3, 0.4) is 0 Å². The second kappa shape index (κ2) is 6.75. The summed E-state index contributed by atoms with van der Waals surface area (Å²) in [7, 11) is -1.15. The number of fused-ring (bicyclic) bond motifs is 2. The Balaban J connectivity index is 1.92. The first-order chi connectivity index (χ1) is 12.1. The third-order valence-electron chi connectivity index (χ3n) is 3.89. The monoisotopic (exact) mass is 384 g/mol. The fourth-order valence-corrected chi connectivity index (χ4v) is 5.01. The summed E-state index contributed by atoms with van der Waals surface area (Å²) < 4.78 is 12.2. The van der Waals surface area contributed by atoms with E-state index in [1.807, 2.05) is 48.5 Å². The highest BCUT2D eigenvalue weighted by Gasteiger charge is 2.16. The maximum atomic E-state index is 12.2. The minimum absolute atomic E-state index is 0.657. The van der Waals surface area contributed by atoms with E-state index < -0.39 is 10.8 Å². The average Bonchev–Trinajstić information content (AvgIpc) is 2.64. The van der Waals surface area contributed by atoms with Crippen LogP contribution in [0.5, 0.6) is 0 Å². The van der Waals surface area contributed by atoms with Gasteiger partial charge in [0.05, 0.1) is 31.8 Å². The number of nitrogens with zero attached hydrogens (tertiary/aromatic N) is 2. The van der Waals surface area contributed by atoms with Gasteiger partial charge in [0.25, 0.3) is 0 Å². The van der Waals surface area contributed by atoms with Crippen molar-refractivity contribution >= 4 is 56.0 Å². The number of aromatic nitrogens is 2. The highest BCUT2D eigenvalue weighted by Crippen LogP contribution is 2.41. The lowest BCUT2D eigenvalue weighted by Crippen LogP contribution is -1.95. The number of pyridine rings is 2. The number of rotatable bonds is 3. The van der Waals surface area contributed by atoms with Gasteiger partial charge in [0.15, 0.2) is 0 Å². The number of hydrogen-bond donors (Lipinski definition) is 0. The minimum Gasteiger partial charge on any atom is -0.255 e. The predicted molar refractivity (Wildman–Crippen MR) is 105 cm³/mol. The lowest BCUT2D eigenvalue weighted by atomic mass is 10.2. The normalized spacial score (nSPS) is 12.6. The summed E-state index contributed by atoms with van der Waals surface area (Å²) >= 11 is 8.11. The molecule has 1 unspecified atom stereocenters. The van der Waals surface area contributed by atoms with Crippen molar-refractivity contribution in [2.24, 2.45) is 0 Å². The highest BCUT2D eigenvalue weighted by atomic mass is 35.5. The summed E-state index contributed by atoms with van der Waals surface area (Å²) in [6.45, 7) is 0. The van der Waals surface area contributed by atoms with Gasteiger partial charge >= 0.3 is 0 Å². The summed E-state index contributed by atoms with van der Waals surface area (Å²) in [6, 6.07) is 15.6. The molecule has 124 valence electrons. The van der Waals surface area contributed by atoms with E-state index in [4.69, 9.17) is 11.6 Å². The van der Waals surface area contributed by atoms with E-state index in [1.54, 1.807) is 18.6 Å². The van der Waals surface area contributed by atoms with Gasteiger partial charge in [-0.2, -0.15) is 0 Å². The van der Waals surface area contributed by atoms with Crippen molar-refractivity contribution < 1.29 is 4.21 Å². The molecular weight excluding hydrogens is 372 g/mol. The number of hydrogen-bond acceptors (Lipinski definition) is 4. The Bertz CT molecular complexity index is 1130. The number of halogens is 1. The van der Waals surface area contributed by atoms with E-state index in [9.17, 15) is 4.21 Å². The summed E-state index contributed by atoms with van der Waals surface area (Å²) in [5.41, 5.74) is 1.72. The third kappa shape index (κ3) is 3.03. The molecule has 2 aromatic carbocycles. The first-order valence-electron chi connectivity index (χ1n) is 7.57. The van der Waals surface area contributed by atoms with Crippen molar-refractivity contribution in [2.45, 2.75) is 14.7 Å². The topological polar surface area (TPSA) is 42.9 Å². The molecule has 4 aromatic rings. The Kier molecular flexibility index (Phi) is 4.46. The van der Waals surface area contributed by atoms with Gasteiger partial charge < -0.3 is 0 Å². The molecule has 0 aliphatic rings. The zero-order chi connectivity index (χ0) is 17.4. The van der Waals surface area contributed by atoms with Crippen LogP contribution in [0.25, 0.3) is 21.8 Å². The largest absolute Gasteiger partial charge is 0.255 e. The SMILES string of the molecule is CS(=O)c1cnc2ccccc2c1Sc1cnc2ccccc2c1Cl. The minimum atomic E-state index is -1.15. The van der Waals surface area contributed by atoms with Crippen LogP contribution in [0.15, 0.2) is 75.6 Å². The summed E-state index contributed by atoms with van der Waals surface area (Å²) in [5, 5.41) is 2.53. The van der Waals surface area contributed by atoms with E-state index in [0.717, 1.165) is 31.6 Å². The molecule has 0 saturated heterocycles. The zero-order valence-electron chi connectivity index (χ0n) is 13.3. The van der Waals surface area contributed by atoms with E-state index >= 15 is 0 Å². The molecule has 0 saturated carbocycles. The Morgan fingerprint density at radius 2 is 1.52 bits per heavy atom. The Morgan fingerprint density at radius 3 is 2.24 bits per heavy atom. The second-order valence-corrected chi connectivity index (χ2v) is 8.26. The molecule has 0 aliphatic carbocycles. The first kappa shape index (κ1) is 16.5. The third-order valence-corrected chi connectivity index (χ3v) is 6.64. The van der Waals surface area contributed by atoms with Crippen LogP contribution in [-0.4, -0.2) is 20.4 Å². The van der Waals surface area contributed by atoms with Crippen molar-refractivity contribution in [1.82, 2.24) is 9.97 Å². The Hall–Kier alpha value is -1.95. The summed E-state index contributed by atoms with van der Waals surface area (Å²) in [6.07, 6.45) is 5.12. The molecule has 0 aliphatic heterocycles. The molecule has 3 nitrogen and oxygen atoms in total. The van der Waals surface area contributed by atoms with Crippen LogP contribution < -0.4 is 0 Å². The average molecular weight is 385 g/mol. The summed E-state index contributed by atoms with van der Waals surface area (Å²) in [4.78, 5) is 11.4. The maximum Gasteiger partial charge on any atom is 0.0717 e. The van der Waals surface area contributed by atoms with E-state index in [0.29, 0.717) is 9.92 Å². The first-order valence-corrected chi connectivity index (χ1v) is 10.3. The van der Waals surface area contributed by atoms with Gasteiger partial charge in [-0.3, -0.25) is 14.2 Å². The van der Waals surface area contributed by atoms with Gasteiger partial charge in [0, 0.05) is 39.2 Å². The van der Waals surface area contributed by atoms with Gasteiger partial charge in [0.2, 0.25) is 0 Å². The molecule has 0 spiro atoms. The predicted octanol–water partition coefficient (Wildman–Crippen LogP) is 5.33. The molecule has 1 atom stereocenters. The van der Waals surface area contributed by atoms with Crippen molar-refractivity contribution in [3.63, 3.8) is 0 Å². The number of benzene rings is 2. The van der Waals surface area contributed by atoms with Gasteiger partial charge in [-0.05, 0) is 12.1 Å².